The second kappa shape index (κ2) is 9.33. The number of primary amides is 1. The normalized spacial score (nSPS) is 12.9. The Balaban J connectivity index is 0.00000400. The number of benzene rings is 1. The van der Waals surface area contributed by atoms with E-state index in [9.17, 15) is 9.59 Å². The molecule has 21 heavy (non-hydrogen) atoms. The molecule has 1 aromatic rings. The minimum absolute atomic E-state index is 0. The Morgan fingerprint density at radius 3 is 2.33 bits per heavy atom. The number of methoxy groups -OCH3 is 1. The van der Waals surface area contributed by atoms with Crippen LogP contribution in [0.4, 0.5) is 0 Å². The van der Waals surface area contributed by atoms with Crippen LogP contribution in [-0.2, 0) is 14.3 Å². The van der Waals surface area contributed by atoms with Crippen molar-refractivity contribution in [2.75, 3.05) is 20.3 Å². The highest BCUT2D eigenvalue weighted by molar-refractivity contribution is 5.87. The standard InChI is InChI=1S/C14H21N3O3.ClH/c1-10(11-6-4-3-5-7-11)17(8-13(16)18)14(19)12(15)9-20-2;/h3-7,10,12H,8-9,15H2,1-2H3,(H2,16,18);1H/t10-,12?;/m1./s1. The third kappa shape index (κ3) is 5.71. The van der Waals surface area contributed by atoms with Crippen LogP contribution in [0, 0.1) is 0 Å². The predicted octanol–water partition coefficient (Wildman–Crippen LogP) is 0.457. The van der Waals surface area contributed by atoms with Gasteiger partial charge in [-0.3, -0.25) is 9.59 Å². The van der Waals surface area contributed by atoms with E-state index in [0.29, 0.717) is 0 Å². The van der Waals surface area contributed by atoms with Crippen molar-refractivity contribution in [3.8, 4) is 0 Å². The summed E-state index contributed by atoms with van der Waals surface area (Å²) in [5.74, 6) is -0.937. The van der Waals surface area contributed by atoms with Crippen LogP contribution >= 0.6 is 12.4 Å². The second-order valence-electron chi connectivity index (χ2n) is 4.58. The van der Waals surface area contributed by atoms with Gasteiger partial charge in [0.15, 0.2) is 0 Å². The summed E-state index contributed by atoms with van der Waals surface area (Å²) in [5.41, 5.74) is 11.9. The Bertz CT molecular complexity index is 456. The van der Waals surface area contributed by atoms with Gasteiger partial charge in [0.05, 0.1) is 19.2 Å². The van der Waals surface area contributed by atoms with Gasteiger partial charge in [-0.15, -0.1) is 12.4 Å². The quantitative estimate of drug-likeness (QED) is 0.763. The summed E-state index contributed by atoms with van der Waals surface area (Å²) < 4.78 is 4.88. The van der Waals surface area contributed by atoms with E-state index >= 15 is 0 Å². The molecule has 2 amide bonds. The van der Waals surface area contributed by atoms with Crippen molar-refractivity contribution >= 4 is 24.2 Å². The van der Waals surface area contributed by atoms with Gasteiger partial charge in [-0.2, -0.15) is 0 Å². The third-order valence-electron chi connectivity index (χ3n) is 3.02. The molecule has 1 unspecified atom stereocenters. The Morgan fingerprint density at radius 2 is 1.86 bits per heavy atom. The Labute approximate surface area is 130 Å². The number of carbonyl (C=O) groups excluding carboxylic acids is 2. The van der Waals surface area contributed by atoms with Crippen LogP contribution in [0.15, 0.2) is 30.3 Å². The number of carbonyl (C=O) groups is 2. The van der Waals surface area contributed by atoms with E-state index in [0.717, 1.165) is 5.56 Å². The molecule has 4 N–H and O–H groups in total. The van der Waals surface area contributed by atoms with E-state index in [2.05, 4.69) is 0 Å². The SMILES string of the molecule is COCC(N)C(=O)N(CC(N)=O)[C@H](C)c1ccccc1.Cl. The lowest BCUT2D eigenvalue weighted by atomic mass is 10.1. The summed E-state index contributed by atoms with van der Waals surface area (Å²) in [5, 5.41) is 0. The molecule has 0 bridgehead atoms. The van der Waals surface area contributed by atoms with Crippen molar-refractivity contribution in [2.45, 2.75) is 19.0 Å². The molecule has 1 aromatic carbocycles. The first kappa shape index (κ1) is 19.4. The average molecular weight is 316 g/mol. The summed E-state index contributed by atoms with van der Waals surface area (Å²) in [4.78, 5) is 24.9. The molecule has 0 aliphatic rings. The van der Waals surface area contributed by atoms with Crippen LogP contribution in [0.2, 0.25) is 0 Å². The first-order valence-electron chi connectivity index (χ1n) is 6.35. The van der Waals surface area contributed by atoms with Crippen LogP contribution in [0.1, 0.15) is 18.5 Å². The number of nitrogens with two attached hydrogens (primary N) is 2. The molecule has 6 nitrogen and oxygen atoms in total. The van der Waals surface area contributed by atoms with Gasteiger partial charge in [-0.1, -0.05) is 30.3 Å². The summed E-state index contributed by atoms with van der Waals surface area (Å²) >= 11 is 0. The van der Waals surface area contributed by atoms with Gasteiger partial charge in [-0.05, 0) is 12.5 Å². The van der Waals surface area contributed by atoms with Gasteiger partial charge in [0.1, 0.15) is 6.04 Å². The monoisotopic (exact) mass is 315 g/mol. The fourth-order valence-corrected chi connectivity index (χ4v) is 1.95. The first-order chi connectivity index (χ1) is 9.47. The highest BCUT2D eigenvalue weighted by Gasteiger charge is 2.27. The molecule has 0 saturated heterocycles. The van der Waals surface area contributed by atoms with Gasteiger partial charge >= 0.3 is 0 Å². The van der Waals surface area contributed by atoms with Gasteiger partial charge in [-0.25, -0.2) is 0 Å². The summed E-state index contributed by atoms with van der Waals surface area (Å²) in [7, 11) is 1.46. The van der Waals surface area contributed by atoms with Crippen LogP contribution in [0.25, 0.3) is 0 Å². The van der Waals surface area contributed by atoms with Gasteiger partial charge < -0.3 is 21.1 Å². The summed E-state index contributed by atoms with van der Waals surface area (Å²) in [6.45, 7) is 1.75. The number of amides is 2. The molecule has 7 heteroatoms. The first-order valence-corrected chi connectivity index (χ1v) is 6.35. The number of halogens is 1. The predicted molar refractivity (Wildman–Crippen MR) is 82.9 cm³/mol. The third-order valence-corrected chi connectivity index (χ3v) is 3.02. The largest absolute Gasteiger partial charge is 0.383 e. The number of ether oxygens (including phenoxy) is 1. The maximum Gasteiger partial charge on any atom is 0.242 e. The molecule has 0 saturated carbocycles. The fourth-order valence-electron chi connectivity index (χ4n) is 1.95. The van der Waals surface area contributed by atoms with Crippen molar-refractivity contribution in [1.29, 1.82) is 0 Å². The zero-order valence-corrected chi connectivity index (χ0v) is 13.0. The smallest absolute Gasteiger partial charge is 0.242 e. The second-order valence-corrected chi connectivity index (χ2v) is 4.58. The number of hydrogen-bond acceptors (Lipinski definition) is 4. The Morgan fingerprint density at radius 1 is 1.29 bits per heavy atom. The van der Waals surface area contributed by atoms with E-state index in [1.54, 1.807) is 0 Å². The molecule has 0 heterocycles. The van der Waals surface area contributed by atoms with Crippen molar-refractivity contribution in [1.82, 2.24) is 4.90 Å². The zero-order chi connectivity index (χ0) is 15.1. The molecule has 118 valence electrons. The minimum atomic E-state index is -0.814. The molecule has 0 fully saturated rings. The number of nitrogens with zero attached hydrogens (tertiary/aromatic N) is 1. The molecule has 0 aliphatic carbocycles. The minimum Gasteiger partial charge on any atom is -0.383 e. The molecule has 0 aromatic heterocycles. The molecule has 0 spiro atoms. The molecule has 0 radical (unpaired) electrons. The van der Waals surface area contributed by atoms with Crippen LogP contribution in [-0.4, -0.2) is 43.0 Å². The fraction of sp³-hybridized carbons (Fsp3) is 0.429. The van der Waals surface area contributed by atoms with Crippen LogP contribution in [0.5, 0.6) is 0 Å². The van der Waals surface area contributed by atoms with Gasteiger partial charge in [0.25, 0.3) is 0 Å². The maximum absolute atomic E-state index is 12.3. The highest BCUT2D eigenvalue weighted by Crippen LogP contribution is 2.20. The van der Waals surface area contributed by atoms with Crippen molar-refractivity contribution in [2.24, 2.45) is 11.5 Å². The van der Waals surface area contributed by atoms with E-state index < -0.39 is 11.9 Å². The molecule has 2 atom stereocenters. The average Bonchev–Trinajstić information content (AvgIpc) is 2.44. The topological polar surface area (TPSA) is 98.7 Å². The molecular formula is C14H22ClN3O3. The summed E-state index contributed by atoms with van der Waals surface area (Å²) in [6, 6.07) is 8.28. The van der Waals surface area contributed by atoms with Gasteiger partial charge in [0, 0.05) is 7.11 Å². The van der Waals surface area contributed by atoms with Crippen LogP contribution < -0.4 is 11.5 Å². The summed E-state index contributed by atoms with van der Waals surface area (Å²) in [6.07, 6.45) is 0. The van der Waals surface area contributed by atoms with E-state index in [4.69, 9.17) is 16.2 Å². The maximum atomic E-state index is 12.3. The Hall–Kier alpha value is -1.63. The Kier molecular flexibility index (Phi) is 8.61. The highest BCUT2D eigenvalue weighted by atomic mass is 35.5. The van der Waals surface area contributed by atoms with E-state index in [1.807, 2.05) is 37.3 Å². The van der Waals surface area contributed by atoms with Crippen molar-refractivity contribution in [3.05, 3.63) is 35.9 Å². The number of rotatable bonds is 7. The van der Waals surface area contributed by atoms with E-state index in [1.165, 1.54) is 12.0 Å². The molecule has 0 aliphatic heterocycles. The van der Waals surface area contributed by atoms with Crippen LogP contribution in [0.3, 0.4) is 0 Å². The van der Waals surface area contributed by atoms with E-state index in [-0.39, 0.29) is 37.5 Å². The lowest BCUT2D eigenvalue weighted by molar-refractivity contribution is -0.139. The lowest BCUT2D eigenvalue weighted by Crippen LogP contribution is -2.49. The molecule has 1 rings (SSSR count). The zero-order valence-electron chi connectivity index (χ0n) is 12.2. The van der Waals surface area contributed by atoms with Crippen molar-refractivity contribution in [3.63, 3.8) is 0 Å². The van der Waals surface area contributed by atoms with Gasteiger partial charge in [0.2, 0.25) is 11.8 Å². The number of hydrogen-bond donors (Lipinski definition) is 2. The molecular weight excluding hydrogens is 294 g/mol. The lowest BCUT2D eigenvalue weighted by Gasteiger charge is -2.30. The van der Waals surface area contributed by atoms with Crippen molar-refractivity contribution < 1.29 is 14.3 Å².